The average Bonchev–Trinajstić information content (AvgIpc) is 2.64. The van der Waals surface area contributed by atoms with Crippen LogP contribution in [0.5, 0.6) is 17.2 Å². The van der Waals surface area contributed by atoms with E-state index in [1.807, 2.05) is 24.3 Å². The molecule has 150 valence electrons. The molecule has 0 fully saturated rings. The number of carbonyl (C=O) groups excluding carboxylic acids is 2. The fourth-order valence-electron chi connectivity index (χ4n) is 2.41. The lowest BCUT2D eigenvalue weighted by Gasteiger charge is -2.19. The van der Waals surface area contributed by atoms with Gasteiger partial charge in [-0.15, -0.1) is 0 Å². The van der Waals surface area contributed by atoms with Crippen molar-refractivity contribution in [2.45, 2.75) is 26.2 Å². The SMILES string of the molecule is COc1ccc(NC(=O)COc2ccc(C(C)(C)C)cc2)cc1OCC(N)=O. The first-order valence-electron chi connectivity index (χ1n) is 8.81. The Balaban J connectivity index is 1.95. The number of primary amides is 1. The van der Waals surface area contributed by atoms with E-state index in [0.717, 1.165) is 0 Å². The summed E-state index contributed by atoms with van der Waals surface area (Å²) in [7, 11) is 1.48. The van der Waals surface area contributed by atoms with Crippen LogP contribution in [0.4, 0.5) is 5.69 Å². The van der Waals surface area contributed by atoms with Crippen LogP contribution in [-0.4, -0.2) is 32.1 Å². The molecule has 0 atom stereocenters. The first kappa shape index (κ1) is 21.1. The van der Waals surface area contributed by atoms with Crippen molar-refractivity contribution in [1.82, 2.24) is 0 Å². The van der Waals surface area contributed by atoms with Crippen LogP contribution in [-0.2, 0) is 15.0 Å². The molecule has 7 heteroatoms. The van der Waals surface area contributed by atoms with Crippen LogP contribution in [0.2, 0.25) is 0 Å². The van der Waals surface area contributed by atoms with Crippen molar-refractivity contribution in [2.24, 2.45) is 5.73 Å². The summed E-state index contributed by atoms with van der Waals surface area (Å²) in [5, 5.41) is 2.71. The van der Waals surface area contributed by atoms with Crippen LogP contribution in [0.15, 0.2) is 42.5 Å². The molecule has 2 aromatic rings. The van der Waals surface area contributed by atoms with Gasteiger partial charge in [0.25, 0.3) is 11.8 Å². The standard InChI is InChI=1S/C21H26N2O5/c1-21(2,3)14-5-8-16(9-6-14)27-13-20(25)23-15-7-10-17(26-4)18(11-15)28-12-19(22)24/h5-11H,12-13H2,1-4H3,(H2,22,24)(H,23,25). The number of anilines is 1. The quantitative estimate of drug-likeness (QED) is 0.727. The van der Waals surface area contributed by atoms with Crippen molar-refractivity contribution in [3.05, 3.63) is 48.0 Å². The number of carbonyl (C=O) groups is 2. The molecule has 0 spiro atoms. The molecule has 2 aromatic carbocycles. The van der Waals surface area contributed by atoms with Gasteiger partial charge in [0.2, 0.25) is 0 Å². The summed E-state index contributed by atoms with van der Waals surface area (Å²) in [6, 6.07) is 12.5. The minimum absolute atomic E-state index is 0.0541. The molecule has 7 nitrogen and oxygen atoms in total. The number of nitrogens with two attached hydrogens (primary N) is 1. The van der Waals surface area contributed by atoms with Crippen molar-refractivity contribution in [1.29, 1.82) is 0 Å². The van der Waals surface area contributed by atoms with Gasteiger partial charge in [0.05, 0.1) is 7.11 Å². The van der Waals surface area contributed by atoms with Gasteiger partial charge in [-0.3, -0.25) is 9.59 Å². The summed E-state index contributed by atoms with van der Waals surface area (Å²) in [5.74, 6) is 0.406. The lowest BCUT2D eigenvalue weighted by molar-refractivity contribution is -0.120. The predicted octanol–water partition coefficient (Wildman–Crippen LogP) is 2.87. The van der Waals surface area contributed by atoms with E-state index in [1.165, 1.54) is 12.7 Å². The third kappa shape index (κ3) is 6.19. The van der Waals surface area contributed by atoms with Crippen molar-refractivity contribution in [3.63, 3.8) is 0 Å². The number of ether oxygens (including phenoxy) is 3. The number of benzene rings is 2. The van der Waals surface area contributed by atoms with Crippen molar-refractivity contribution >= 4 is 17.5 Å². The number of rotatable bonds is 8. The second kappa shape index (κ2) is 9.12. The predicted molar refractivity (Wildman–Crippen MR) is 107 cm³/mol. The second-order valence-corrected chi connectivity index (χ2v) is 7.23. The van der Waals surface area contributed by atoms with Crippen molar-refractivity contribution in [2.75, 3.05) is 25.6 Å². The summed E-state index contributed by atoms with van der Waals surface area (Å²) in [5.41, 5.74) is 6.81. The Morgan fingerprint density at radius 3 is 2.21 bits per heavy atom. The van der Waals surface area contributed by atoms with Crippen LogP contribution in [0.25, 0.3) is 0 Å². The Kier molecular flexibility index (Phi) is 6.87. The zero-order valence-corrected chi connectivity index (χ0v) is 16.6. The molecule has 0 aromatic heterocycles. The van der Waals surface area contributed by atoms with Gasteiger partial charge >= 0.3 is 0 Å². The Morgan fingerprint density at radius 1 is 0.964 bits per heavy atom. The molecule has 2 rings (SSSR count). The average molecular weight is 386 g/mol. The molecule has 0 unspecified atom stereocenters. The maximum absolute atomic E-state index is 12.2. The Hall–Kier alpha value is -3.22. The highest BCUT2D eigenvalue weighted by atomic mass is 16.5. The molecular weight excluding hydrogens is 360 g/mol. The zero-order valence-electron chi connectivity index (χ0n) is 16.6. The Bertz CT molecular complexity index is 826. The molecule has 0 aliphatic heterocycles. The summed E-state index contributed by atoms with van der Waals surface area (Å²) >= 11 is 0. The number of methoxy groups -OCH3 is 1. The lowest BCUT2D eigenvalue weighted by atomic mass is 9.87. The van der Waals surface area contributed by atoms with Gasteiger partial charge in [0, 0.05) is 11.8 Å². The molecule has 28 heavy (non-hydrogen) atoms. The number of amides is 2. The van der Waals surface area contributed by atoms with Crippen molar-refractivity contribution in [3.8, 4) is 17.2 Å². The third-order valence-electron chi connectivity index (χ3n) is 3.91. The third-order valence-corrected chi connectivity index (χ3v) is 3.91. The van der Waals surface area contributed by atoms with E-state index in [-0.39, 0.29) is 24.5 Å². The molecule has 0 bridgehead atoms. The van der Waals surface area contributed by atoms with Gasteiger partial charge in [-0.25, -0.2) is 0 Å². The van der Waals surface area contributed by atoms with E-state index >= 15 is 0 Å². The minimum Gasteiger partial charge on any atom is -0.493 e. The van der Waals surface area contributed by atoms with Gasteiger partial charge in [-0.1, -0.05) is 32.9 Å². The highest BCUT2D eigenvalue weighted by Crippen LogP contribution is 2.30. The largest absolute Gasteiger partial charge is 0.493 e. The van der Waals surface area contributed by atoms with Gasteiger partial charge in [-0.05, 0) is 35.2 Å². The van der Waals surface area contributed by atoms with Gasteiger partial charge in [0.1, 0.15) is 5.75 Å². The summed E-state index contributed by atoms with van der Waals surface area (Å²) in [6.07, 6.45) is 0. The van der Waals surface area contributed by atoms with Gasteiger partial charge in [-0.2, -0.15) is 0 Å². The van der Waals surface area contributed by atoms with Crippen LogP contribution < -0.4 is 25.3 Å². The topological polar surface area (TPSA) is 99.9 Å². The molecule has 0 saturated carbocycles. The fraction of sp³-hybridized carbons (Fsp3) is 0.333. The fourth-order valence-corrected chi connectivity index (χ4v) is 2.41. The van der Waals surface area contributed by atoms with E-state index in [2.05, 4.69) is 26.1 Å². The van der Waals surface area contributed by atoms with E-state index in [4.69, 9.17) is 19.9 Å². The normalized spacial score (nSPS) is 10.9. The van der Waals surface area contributed by atoms with E-state index < -0.39 is 5.91 Å². The van der Waals surface area contributed by atoms with Crippen LogP contribution in [0.1, 0.15) is 26.3 Å². The van der Waals surface area contributed by atoms with E-state index in [1.54, 1.807) is 18.2 Å². The van der Waals surface area contributed by atoms with Crippen molar-refractivity contribution < 1.29 is 23.8 Å². The second-order valence-electron chi connectivity index (χ2n) is 7.23. The monoisotopic (exact) mass is 386 g/mol. The maximum atomic E-state index is 12.2. The molecule has 3 N–H and O–H groups in total. The summed E-state index contributed by atoms with van der Waals surface area (Å²) < 4.78 is 16.0. The lowest BCUT2D eigenvalue weighted by Crippen LogP contribution is -2.21. The molecule has 2 amide bonds. The molecule has 0 saturated heterocycles. The zero-order chi connectivity index (χ0) is 20.7. The maximum Gasteiger partial charge on any atom is 0.262 e. The first-order valence-corrected chi connectivity index (χ1v) is 8.81. The summed E-state index contributed by atoms with van der Waals surface area (Å²) in [4.78, 5) is 23.1. The van der Waals surface area contributed by atoms with Gasteiger partial charge in [0.15, 0.2) is 24.7 Å². The van der Waals surface area contributed by atoms with Crippen LogP contribution in [0, 0.1) is 0 Å². The molecular formula is C21H26N2O5. The van der Waals surface area contributed by atoms with Crippen LogP contribution >= 0.6 is 0 Å². The molecule has 0 aliphatic rings. The minimum atomic E-state index is -0.609. The highest BCUT2D eigenvalue weighted by Gasteiger charge is 2.13. The van der Waals surface area contributed by atoms with Crippen LogP contribution in [0.3, 0.4) is 0 Å². The van der Waals surface area contributed by atoms with E-state index in [9.17, 15) is 9.59 Å². The summed E-state index contributed by atoms with van der Waals surface area (Å²) in [6.45, 7) is 5.96. The number of hydrogen-bond acceptors (Lipinski definition) is 5. The smallest absolute Gasteiger partial charge is 0.262 e. The molecule has 0 radical (unpaired) electrons. The van der Waals surface area contributed by atoms with Gasteiger partial charge < -0.3 is 25.3 Å². The first-order chi connectivity index (χ1) is 13.2. The molecule has 0 heterocycles. The Labute approximate surface area is 164 Å². The number of hydrogen-bond donors (Lipinski definition) is 2. The highest BCUT2D eigenvalue weighted by molar-refractivity contribution is 5.92. The van der Waals surface area contributed by atoms with E-state index in [0.29, 0.717) is 22.9 Å². The Morgan fingerprint density at radius 2 is 1.64 bits per heavy atom. The number of nitrogens with one attached hydrogen (secondary N) is 1. The molecule has 0 aliphatic carbocycles.